The summed E-state index contributed by atoms with van der Waals surface area (Å²) in [5.41, 5.74) is 3.49. The number of aliphatic hydroxyl groups excluding tert-OH is 1. The second kappa shape index (κ2) is 9.25. The Bertz CT molecular complexity index is 1380. The number of aromatic nitrogens is 4. The highest BCUT2D eigenvalue weighted by molar-refractivity contribution is 6.29. The standard InChI is InChI=1S/C24H21ClF2N4O2/c1-14-7-16(3-6-21(14)30-11-15(2)28-13-30)8-17-9-23(25)29-31(24(17)33)22(12-32)19-5-4-18(26)10-20(19)27/h3-7,9-11,13,22,32H,8,12H2,1-2H3/t22-/m0/s1. The van der Waals surface area contributed by atoms with Gasteiger partial charge in [-0.15, -0.1) is 0 Å². The molecule has 4 rings (SSSR count). The number of benzene rings is 2. The zero-order chi connectivity index (χ0) is 23.7. The van der Waals surface area contributed by atoms with E-state index in [0.29, 0.717) is 11.6 Å². The number of hydrogen-bond acceptors (Lipinski definition) is 4. The highest BCUT2D eigenvalue weighted by Gasteiger charge is 2.22. The Kier molecular flexibility index (Phi) is 6.40. The van der Waals surface area contributed by atoms with Gasteiger partial charge in [0.1, 0.15) is 22.8 Å². The number of halogens is 3. The Morgan fingerprint density at radius 3 is 2.55 bits per heavy atom. The minimum Gasteiger partial charge on any atom is -0.394 e. The Balaban J connectivity index is 1.70. The van der Waals surface area contributed by atoms with Crippen LogP contribution in [0.3, 0.4) is 0 Å². The second-order valence-electron chi connectivity index (χ2n) is 7.83. The van der Waals surface area contributed by atoms with Crippen molar-refractivity contribution in [3.05, 3.63) is 110 Å². The molecule has 0 saturated heterocycles. The molecule has 2 aromatic heterocycles. The molecule has 33 heavy (non-hydrogen) atoms. The lowest BCUT2D eigenvalue weighted by atomic mass is 10.0. The summed E-state index contributed by atoms with van der Waals surface area (Å²) < 4.78 is 30.5. The fourth-order valence-electron chi connectivity index (χ4n) is 3.84. The summed E-state index contributed by atoms with van der Waals surface area (Å²) >= 11 is 6.16. The molecule has 0 bridgehead atoms. The van der Waals surface area contributed by atoms with Gasteiger partial charge in [-0.05, 0) is 43.2 Å². The lowest BCUT2D eigenvalue weighted by Gasteiger charge is -2.19. The van der Waals surface area contributed by atoms with Crippen LogP contribution in [0.1, 0.15) is 34.0 Å². The molecule has 0 aliphatic heterocycles. The first-order chi connectivity index (χ1) is 15.8. The maximum atomic E-state index is 14.3. The van der Waals surface area contributed by atoms with E-state index in [1.165, 1.54) is 12.1 Å². The van der Waals surface area contributed by atoms with E-state index >= 15 is 0 Å². The highest BCUT2D eigenvalue weighted by atomic mass is 35.5. The average Bonchev–Trinajstić information content (AvgIpc) is 3.19. The summed E-state index contributed by atoms with van der Waals surface area (Å²) in [5, 5.41) is 13.9. The summed E-state index contributed by atoms with van der Waals surface area (Å²) in [6, 6.07) is 9.05. The highest BCUT2D eigenvalue weighted by Crippen LogP contribution is 2.22. The quantitative estimate of drug-likeness (QED) is 0.459. The van der Waals surface area contributed by atoms with Crippen LogP contribution in [0.15, 0.2) is 59.8 Å². The first-order valence-electron chi connectivity index (χ1n) is 10.2. The van der Waals surface area contributed by atoms with Crippen molar-refractivity contribution in [1.82, 2.24) is 19.3 Å². The smallest absolute Gasteiger partial charge is 0.271 e. The van der Waals surface area contributed by atoms with Gasteiger partial charge in [-0.1, -0.05) is 29.8 Å². The molecule has 170 valence electrons. The maximum absolute atomic E-state index is 14.3. The van der Waals surface area contributed by atoms with Crippen LogP contribution in [0, 0.1) is 25.5 Å². The lowest BCUT2D eigenvalue weighted by molar-refractivity contribution is 0.233. The Morgan fingerprint density at radius 2 is 1.91 bits per heavy atom. The number of imidazole rings is 1. The zero-order valence-corrected chi connectivity index (χ0v) is 18.7. The molecule has 0 aliphatic rings. The van der Waals surface area contributed by atoms with Crippen molar-refractivity contribution in [2.75, 3.05) is 6.61 Å². The van der Waals surface area contributed by atoms with Crippen LogP contribution in [0.2, 0.25) is 5.15 Å². The van der Waals surface area contributed by atoms with Crippen LogP contribution in [0.4, 0.5) is 8.78 Å². The van der Waals surface area contributed by atoms with Crippen molar-refractivity contribution >= 4 is 11.6 Å². The third kappa shape index (κ3) is 4.72. The van der Waals surface area contributed by atoms with Gasteiger partial charge in [0.25, 0.3) is 5.56 Å². The van der Waals surface area contributed by atoms with E-state index in [1.54, 1.807) is 6.33 Å². The van der Waals surface area contributed by atoms with Crippen LogP contribution in [-0.4, -0.2) is 31.0 Å². The summed E-state index contributed by atoms with van der Waals surface area (Å²) in [7, 11) is 0. The number of aliphatic hydroxyl groups is 1. The zero-order valence-electron chi connectivity index (χ0n) is 18.0. The molecule has 0 spiro atoms. The molecule has 0 aliphatic carbocycles. The fourth-order valence-corrected chi connectivity index (χ4v) is 4.05. The van der Waals surface area contributed by atoms with Gasteiger partial charge in [0.2, 0.25) is 0 Å². The lowest BCUT2D eigenvalue weighted by Crippen LogP contribution is -2.33. The topological polar surface area (TPSA) is 72.9 Å². The Morgan fingerprint density at radius 1 is 1.12 bits per heavy atom. The molecule has 0 radical (unpaired) electrons. The molecule has 0 amide bonds. The van der Waals surface area contributed by atoms with Gasteiger partial charge in [0.15, 0.2) is 0 Å². The normalized spacial score (nSPS) is 12.2. The molecule has 1 atom stereocenters. The minimum absolute atomic E-state index is 0.0211. The molecule has 9 heteroatoms. The van der Waals surface area contributed by atoms with Crippen LogP contribution >= 0.6 is 11.6 Å². The van der Waals surface area contributed by atoms with E-state index in [-0.39, 0.29) is 17.1 Å². The Labute approximate surface area is 193 Å². The number of aryl methyl sites for hydroxylation is 2. The molecule has 0 saturated carbocycles. The van der Waals surface area contributed by atoms with Gasteiger partial charge >= 0.3 is 0 Å². The van der Waals surface area contributed by atoms with E-state index in [4.69, 9.17) is 11.6 Å². The predicted molar refractivity (Wildman–Crippen MR) is 121 cm³/mol. The minimum atomic E-state index is -1.15. The summed E-state index contributed by atoms with van der Waals surface area (Å²) in [6.45, 7) is 3.26. The summed E-state index contributed by atoms with van der Waals surface area (Å²) in [5.74, 6) is -1.64. The summed E-state index contributed by atoms with van der Waals surface area (Å²) in [6.07, 6.45) is 3.92. The van der Waals surface area contributed by atoms with Crippen molar-refractivity contribution in [2.24, 2.45) is 0 Å². The van der Waals surface area contributed by atoms with Crippen LogP contribution < -0.4 is 5.56 Å². The summed E-state index contributed by atoms with van der Waals surface area (Å²) in [4.78, 5) is 17.4. The third-order valence-corrected chi connectivity index (χ3v) is 5.60. The van der Waals surface area contributed by atoms with Gasteiger partial charge in [-0.2, -0.15) is 5.10 Å². The van der Waals surface area contributed by atoms with Gasteiger partial charge < -0.3 is 9.67 Å². The van der Waals surface area contributed by atoms with Crippen LogP contribution in [0.5, 0.6) is 0 Å². The van der Waals surface area contributed by atoms with Crippen molar-refractivity contribution < 1.29 is 13.9 Å². The Hall–Kier alpha value is -3.36. The third-order valence-electron chi connectivity index (χ3n) is 5.41. The van der Waals surface area contributed by atoms with Crippen molar-refractivity contribution in [2.45, 2.75) is 26.3 Å². The van der Waals surface area contributed by atoms with Gasteiger partial charge in [-0.3, -0.25) is 4.79 Å². The van der Waals surface area contributed by atoms with E-state index < -0.39 is 29.8 Å². The number of nitrogens with zero attached hydrogens (tertiary/aromatic N) is 4. The average molecular weight is 471 g/mol. The molecule has 4 aromatic rings. The van der Waals surface area contributed by atoms with Crippen molar-refractivity contribution in [3.63, 3.8) is 0 Å². The predicted octanol–water partition coefficient (Wildman–Crippen LogP) is 4.15. The number of hydrogen-bond donors (Lipinski definition) is 1. The van der Waals surface area contributed by atoms with E-state index in [1.807, 2.05) is 42.8 Å². The number of rotatable bonds is 6. The molecule has 2 heterocycles. The first-order valence-corrected chi connectivity index (χ1v) is 10.6. The van der Waals surface area contributed by atoms with Gasteiger partial charge in [0.05, 0.1) is 18.6 Å². The molecule has 2 aromatic carbocycles. The van der Waals surface area contributed by atoms with E-state index in [2.05, 4.69) is 10.1 Å². The first kappa shape index (κ1) is 22.8. The molecule has 6 nitrogen and oxygen atoms in total. The second-order valence-corrected chi connectivity index (χ2v) is 8.21. The van der Waals surface area contributed by atoms with E-state index in [0.717, 1.165) is 33.3 Å². The van der Waals surface area contributed by atoms with Crippen LogP contribution in [-0.2, 0) is 6.42 Å². The molecule has 0 fully saturated rings. The monoisotopic (exact) mass is 470 g/mol. The van der Waals surface area contributed by atoms with Crippen molar-refractivity contribution in [3.8, 4) is 5.69 Å². The van der Waals surface area contributed by atoms with E-state index in [9.17, 15) is 18.7 Å². The SMILES string of the molecule is Cc1cn(-c2ccc(Cc3cc(Cl)nn([C@@H](CO)c4ccc(F)cc4F)c3=O)cc2C)cn1. The van der Waals surface area contributed by atoms with Crippen LogP contribution in [0.25, 0.3) is 5.69 Å². The van der Waals surface area contributed by atoms with Crippen molar-refractivity contribution in [1.29, 1.82) is 0 Å². The fraction of sp³-hybridized carbons (Fsp3) is 0.208. The van der Waals surface area contributed by atoms with Gasteiger partial charge in [-0.25, -0.2) is 18.4 Å². The molecular formula is C24H21ClF2N4O2. The van der Waals surface area contributed by atoms with Gasteiger partial charge in [0, 0.05) is 35.5 Å². The molecular weight excluding hydrogens is 450 g/mol. The molecule has 1 N–H and O–H groups in total. The largest absolute Gasteiger partial charge is 0.394 e. The maximum Gasteiger partial charge on any atom is 0.271 e. The molecule has 0 unspecified atom stereocenters.